The van der Waals surface area contributed by atoms with Gasteiger partial charge in [0.2, 0.25) is 5.88 Å². The number of nitrogens with one attached hydrogen (secondary N) is 1. The molecule has 0 aliphatic heterocycles. The van der Waals surface area contributed by atoms with Gasteiger partial charge in [0.1, 0.15) is 0 Å². The van der Waals surface area contributed by atoms with Crippen molar-refractivity contribution in [2.24, 2.45) is 10.9 Å². The molecule has 7 heteroatoms. The van der Waals surface area contributed by atoms with E-state index < -0.39 is 0 Å². The lowest BCUT2D eigenvalue weighted by molar-refractivity contribution is 0.288. The molecule has 0 saturated heterocycles. The van der Waals surface area contributed by atoms with Gasteiger partial charge in [-0.05, 0) is 44.2 Å². The number of pyridine rings is 1. The van der Waals surface area contributed by atoms with Gasteiger partial charge in [-0.2, -0.15) is 0 Å². The topological polar surface area (TPSA) is 62.6 Å². The van der Waals surface area contributed by atoms with Crippen LogP contribution in [-0.4, -0.2) is 41.0 Å². The molecule has 2 aromatic rings. The van der Waals surface area contributed by atoms with E-state index >= 15 is 0 Å². The molecule has 26 heavy (non-hydrogen) atoms. The van der Waals surface area contributed by atoms with Crippen LogP contribution in [0, 0.1) is 12.8 Å². The van der Waals surface area contributed by atoms with Crippen LogP contribution in [0.25, 0.3) is 0 Å². The van der Waals surface area contributed by atoms with E-state index in [1.807, 2.05) is 26.1 Å². The zero-order chi connectivity index (χ0) is 18.4. The molecule has 1 N–H and O–H groups in total. The summed E-state index contributed by atoms with van der Waals surface area (Å²) in [5, 5.41) is 6.54. The maximum Gasteiger partial charge on any atom is 0.213 e. The Hall–Kier alpha value is -2.15. The average molecular weight is 374 g/mol. The maximum atomic E-state index is 5.76. The Balaban J connectivity index is 1.61. The van der Waals surface area contributed by atoms with Crippen molar-refractivity contribution in [1.82, 2.24) is 20.2 Å². The van der Waals surface area contributed by atoms with Crippen LogP contribution in [0.1, 0.15) is 36.0 Å². The van der Waals surface area contributed by atoms with Crippen molar-refractivity contribution in [3.05, 3.63) is 40.0 Å². The quantitative estimate of drug-likeness (QED) is 0.568. The Morgan fingerprint density at radius 1 is 1.46 bits per heavy atom. The molecular weight excluding hydrogens is 346 g/mol. The summed E-state index contributed by atoms with van der Waals surface area (Å²) in [6.07, 6.45) is 4.35. The van der Waals surface area contributed by atoms with Gasteiger partial charge in [0.15, 0.2) is 5.96 Å². The van der Waals surface area contributed by atoms with Crippen LogP contribution in [-0.2, 0) is 13.1 Å². The highest BCUT2D eigenvalue weighted by Crippen LogP contribution is 2.29. The molecule has 140 valence electrons. The molecule has 1 aliphatic carbocycles. The second kappa shape index (κ2) is 8.98. The molecule has 0 atom stereocenters. The van der Waals surface area contributed by atoms with E-state index in [2.05, 4.69) is 32.5 Å². The van der Waals surface area contributed by atoms with Crippen LogP contribution in [0.2, 0.25) is 0 Å². The maximum absolute atomic E-state index is 5.76. The molecule has 0 bridgehead atoms. The number of guanidine groups is 1. The normalized spacial score (nSPS) is 14.3. The predicted octanol–water partition coefficient (Wildman–Crippen LogP) is 3.23. The van der Waals surface area contributed by atoms with E-state index in [1.165, 1.54) is 12.8 Å². The molecule has 0 unspecified atom stereocenters. The van der Waals surface area contributed by atoms with Gasteiger partial charge in [-0.25, -0.2) is 15.0 Å². The lowest BCUT2D eigenvalue weighted by Gasteiger charge is -2.21. The van der Waals surface area contributed by atoms with Crippen molar-refractivity contribution in [2.75, 3.05) is 20.2 Å². The summed E-state index contributed by atoms with van der Waals surface area (Å²) in [5.74, 6) is 2.29. The fraction of sp³-hybridized carbons (Fsp3) is 0.526. The first-order chi connectivity index (χ1) is 12.6. The summed E-state index contributed by atoms with van der Waals surface area (Å²) < 4.78 is 5.76. The molecule has 6 nitrogen and oxygen atoms in total. The van der Waals surface area contributed by atoms with Crippen LogP contribution >= 0.6 is 11.3 Å². The zero-order valence-corrected chi connectivity index (χ0v) is 16.6. The summed E-state index contributed by atoms with van der Waals surface area (Å²) in [6.45, 7) is 7.03. The highest BCUT2D eigenvalue weighted by atomic mass is 32.1. The first-order valence-corrected chi connectivity index (χ1v) is 10.00. The highest BCUT2D eigenvalue weighted by Gasteiger charge is 2.22. The molecule has 2 aromatic heterocycles. The largest absolute Gasteiger partial charge is 0.477 e. The number of aryl methyl sites for hydroxylation is 1. The number of thiazole rings is 1. The van der Waals surface area contributed by atoms with Gasteiger partial charge >= 0.3 is 0 Å². The summed E-state index contributed by atoms with van der Waals surface area (Å²) in [5.41, 5.74) is 2.17. The molecule has 0 amide bonds. The third kappa shape index (κ3) is 5.69. The zero-order valence-electron chi connectivity index (χ0n) is 15.7. The second-order valence-electron chi connectivity index (χ2n) is 6.64. The molecule has 1 fully saturated rings. The van der Waals surface area contributed by atoms with Crippen molar-refractivity contribution < 1.29 is 4.74 Å². The third-order valence-electron chi connectivity index (χ3n) is 4.14. The Kier molecular flexibility index (Phi) is 6.44. The minimum Gasteiger partial charge on any atom is -0.477 e. The van der Waals surface area contributed by atoms with Crippen molar-refractivity contribution in [3.63, 3.8) is 0 Å². The van der Waals surface area contributed by atoms with Gasteiger partial charge in [0, 0.05) is 31.2 Å². The van der Waals surface area contributed by atoms with Crippen molar-refractivity contribution in [1.29, 1.82) is 0 Å². The van der Waals surface area contributed by atoms with E-state index in [9.17, 15) is 0 Å². The van der Waals surface area contributed by atoms with Crippen LogP contribution < -0.4 is 10.1 Å². The van der Waals surface area contributed by atoms with E-state index in [4.69, 9.17) is 9.73 Å². The molecule has 0 aromatic carbocycles. The Labute approximate surface area is 159 Å². The average Bonchev–Trinajstić information content (AvgIpc) is 3.38. The predicted molar refractivity (Wildman–Crippen MR) is 106 cm³/mol. The standard InChI is InChI=1S/C19H27N5OS/c1-4-20-19(24(3)11-17-13-26-14(2)23-17)22-10-16-7-8-21-18(9-16)25-12-15-5-6-15/h7-9,13,15H,4-6,10-12H2,1-3H3,(H,20,22). The number of hydrogen-bond acceptors (Lipinski definition) is 5. The molecule has 1 aliphatic rings. The summed E-state index contributed by atoms with van der Waals surface area (Å²) >= 11 is 1.68. The van der Waals surface area contributed by atoms with E-state index in [0.717, 1.165) is 47.8 Å². The second-order valence-corrected chi connectivity index (χ2v) is 7.70. The smallest absolute Gasteiger partial charge is 0.213 e. The summed E-state index contributed by atoms with van der Waals surface area (Å²) in [4.78, 5) is 15.7. The van der Waals surface area contributed by atoms with E-state index in [1.54, 1.807) is 17.5 Å². The van der Waals surface area contributed by atoms with Crippen molar-refractivity contribution >= 4 is 17.3 Å². The number of ether oxygens (including phenoxy) is 1. The summed E-state index contributed by atoms with van der Waals surface area (Å²) in [6, 6.07) is 3.97. The fourth-order valence-corrected chi connectivity index (χ4v) is 3.15. The Morgan fingerprint density at radius 2 is 2.31 bits per heavy atom. The van der Waals surface area contributed by atoms with Crippen LogP contribution in [0.4, 0.5) is 0 Å². The number of nitrogens with zero attached hydrogens (tertiary/aromatic N) is 4. The van der Waals surface area contributed by atoms with Gasteiger partial charge in [-0.15, -0.1) is 11.3 Å². The monoisotopic (exact) mass is 373 g/mol. The Morgan fingerprint density at radius 3 is 3.00 bits per heavy atom. The van der Waals surface area contributed by atoms with Crippen LogP contribution in [0.15, 0.2) is 28.7 Å². The number of rotatable bonds is 8. The van der Waals surface area contributed by atoms with Gasteiger partial charge in [0.05, 0.1) is 30.4 Å². The van der Waals surface area contributed by atoms with E-state index in [0.29, 0.717) is 12.4 Å². The number of aromatic nitrogens is 2. The van der Waals surface area contributed by atoms with Crippen molar-refractivity contribution in [2.45, 2.75) is 39.8 Å². The SMILES string of the molecule is CCNC(=NCc1ccnc(OCC2CC2)c1)N(C)Cc1csc(C)n1. The molecule has 2 heterocycles. The number of hydrogen-bond donors (Lipinski definition) is 1. The van der Waals surface area contributed by atoms with Crippen molar-refractivity contribution in [3.8, 4) is 5.88 Å². The van der Waals surface area contributed by atoms with E-state index in [-0.39, 0.29) is 0 Å². The lowest BCUT2D eigenvalue weighted by Crippen LogP contribution is -2.38. The first kappa shape index (κ1) is 18.6. The summed E-state index contributed by atoms with van der Waals surface area (Å²) in [7, 11) is 2.03. The van der Waals surface area contributed by atoms with Crippen LogP contribution in [0.5, 0.6) is 5.88 Å². The number of aliphatic imine (C=N–C) groups is 1. The lowest BCUT2D eigenvalue weighted by atomic mass is 10.3. The molecular formula is C19H27N5OS. The molecule has 3 rings (SSSR count). The Bertz CT molecular complexity index is 741. The first-order valence-electron chi connectivity index (χ1n) is 9.12. The highest BCUT2D eigenvalue weighted by molar-refractivity contribution is 7.09. The third-order valence-corrected chi connectivity index (χ3v) is 4.96. The van der Waals surface area contributed by atoms with Gasteiger partial charge in [-0.1, -0.05) is 0 Å². The fourth-order valence-electron chi connectivity index (χ4n) is 2.55. The van der Waals surface area contributed by atoms with Crippen LogP contribution in [0.3, 0.4) is 0 Å². The van der Waals surface area contributed by atoms with Gasteiger partial charge in [-0.3, -0.25) is 0 Å². The molecule has 0 radical (unpaired) electrons. The molecule has 0 spiro atoms. The minimum absolute atomic E-state index is 0.588. The van der Waals surface area contributed by atoms with Gasteiger partial charge < -0.3 is 15.0 Å². The van der Waals surface area contributed by atoms with Gasteiger partial charge in [0.25, 0.3) is 0 Å². The molecule has 1 saturated carbocycles. The minimum atomic E-state index is 0.588.